The number of aromatic nitrogens is 2. The number of halogens is 3. The van der Waals surface area contributed by atoms with Crippen LogP contribution < -0.4 is 9.67 Å². The van der Waals surface area contributed by atoms with Gasteiger partial charge in [-0.25, -0.2) is 9.13 Å². The summed E-state index contributed by atoms with van der Waals surface area (Å²) >= 11 is 12.3. The topological polar surface area (TPSA) is 44.2 Å². The Labute approximate surface area is 196 Å². The summed E-state index contributed by atoms with van der Waals surface area (Å²) in [4.78, 5) is 4.41. The molecule has 0 N–H and O–H groups in total. The molecular weight excluding hydrogens is 453 g/mol. The van der Waals surface area contributed by atoms with Gasteiger partial charge in [0.15, 0.2) is 5.69 Å². The minimum atomic E-state index is -0.169. The Kier molecular flexibility index (Phi) is 6.24. The normalized spacial score (nSPS) is 13.3. The lowest BCUT2D eigenvalue weighted by atomic mass is 10.1. The fourth-order valence-electron chi connectivity index (χ4n) is 4.15. The lowest BCUT2D eigenvalue weighted by Crippen LogP contribution is -2.43. The van der Waals surface area contributed by atoms with Crippen LogP contribution in [0.5, 0.6) is 0 Å². The Bertz CT molecular complexity index is 1290. The molecule has 2 heterocycles. The summed E-state index contributed by atoms with van der Waals surface area (Å²) in [5.74, 6) is 0.967. The first-order chi connectivity index (χ1) is 14.6. The summed E-state index contributed by atoms with van der Waals surface area (Å²) in [5.41, 5.74) is 2.74. The summed E-state index contributed by atoms with van der Waals surface area (Å²) in [6.45, 7) is 1.13. The Morgan fingerprint density at radius 3 is 2.68 bits per heavy atom. The monoisotopic (exact) mass is 471 g/mol. The second-order valence-electron chi connectivity index (χ2n) is 7.45. The standard InChI is InChI=1S/C24H19Cl2N3O.ClH/c25-19-11-10-17(13-20(19)26)22-14-28(24-9-4-12-29(22)24)15-23(30)27-21-8-3-6-16-5-1-2-7-18(16)21;/h1-3,5-8,10-11,13-14H,4,9,12,15H2;1H. The van der Waals surface area contributed by atoms with Gasteiger partial charge in [-0.3, -0.25) is 4.99 Å². The zero-order chi connectivity index (χ0) is 20.7. The third kappa shape index (κ3) is 4.16. The number of imidazole rings is 1. The van der Waals surface area contributed by atoms with Gasteiger partial charge < -0.3 is 5.11 Å². The van der Waals surface area contributed by atoms with E-state index in [2.05, 4.69) is 9.56 Å². The average Bonchev–Trinajstić information content (AvgIpc) is 3.34. The van der Waals surface area contributed by atoms with E-state index in [1.165, 1.54) is 0 Å². The van der Waals surface area contributed by atoms with Crippen LogP contribution in [-0.4, -0.2) is 10.5 Å². The van der Waals surface area contributed by atoms with Crippen LogP contribution in [0.25, 0.3) is 22.0 Å². The molecule has 7 heteroatoms. The molecule has 158 valence electrons. The smallest absolute Gasteiger partial charge is 0.257 e. The van der Waals surface area contributed by atoms with E-state index in [-0.39, 0.29) is 24.8 Å². The van der Waals surface area contributed by atoms with Crippen molar-refractivity contribution in [3.8, 4) is 11.3 Å². The summed E-state index contributed by atoms with van der Waals surface area (Å²) in [6, 6.07) is 19.4. The first-order valence-corrected chi connectivity index (χ1v) is 10.7. The maximum atomic E-state index is 12.8. The number of hydrogen-bond donors (Lipinski definition) is 0. The summed E-state index contributed by atoms with van der Waals surface area (Å²) < 4.78 is 4.27. The second kappa shape index (κ2) is 8.91. The van der Waals surface area contributed by atoms with Crippen molar-refractivity contribution in [2.45, 2.75) is 25.9 Å². The van der Waals surface area contributed by atoms with Gasteiger partial charge in [-0.1, -0.05) is 59.6 Å². The Balaban J connectivity index is 0.00000231. The molecule has 0 saturated heterocycles. The number of nitrogens with zero attached hydrogens (tertiary/aromatic N) is 3. The lowest BCUT2D eigenvalue weighted by molar-refractivity contribution is -0.693. The highest BCUT2D eigenvalue weighted by Crippen LogP contribution is 2.30. The highest BCUT2D eigenvalue weighted by atomic mass is 35.5. The molecular formula is C24H20Cl3N3O. The highest BCUT2D eigenvalue weighted by molar-refractivity contribution is 6.42. The van der Waals surface area contributed by atoms with E-state index in [0.717, 1.165) is 47.2 Å². The molecule has 1 aliphatic heterocycles. The maximum absolute atomic E-state index is 12.8. The molecule has 31 heavy (non-hydrogen) atoms. The predicted molar refractivity (Wildman–Crippen MR) is 127 cm³/mol. The molecule has 3 aromatic carbocycles. The maximum Gasteiger partial charge on any atom is 0.257 e. The lowest BCUT2D eigenvalue weighted by Gasteiger charge is -2.10. The Hall–Kier alpha value is -2.53. The van der Waals surface area contributed by atoms with Gasteiger partial charge in [0.1, 0.15) is 12.7 Å². The molecule has 0 saturated carbocycles. The van der Waals surface area contributed by atoms with Gasteiger partial charge in [-0.05, 0) is 36.1 Å². The molecule has 1 aliphatic rings. The summed E-state index contributed by atoms with van der Waals surface area (Å²) in [7, 11) is 0. The van der Waals surface area contributed by atoms with Gasteiger partial charge in [0.05, 0.1) is 28.7 Å². The molecule has 1 aromatic heterocycles. The van der Waals surface area contributed by atoms with E-state index in [0.29, 0.717) is 15.7 Å². The molecule has 5 rings (SSSR count). The Morgan fingerprint density at radius 1 is 1.03 bits per heavy atom. The third-order valence-corrected chi connectivity index (χ3v) is 6.27. The first kappa shape index (κ1) is 21.7. The molecule has 0 radical (unpaired) electrons. The number of fused-ring (bicyclic) bond motifs is 2. The molecule has 4 nitrogen and oxygen atoms in total. The third-order valence-electron chi connectivity index (χ3n) is 5.53. The van der Waals surface area contributed by atoms with Crippen LogP contribution in [0.2, 0.25) is 10.0 Å². The van der Waals surface area contributed by atoms with Crippen molar-refractivity contribution in [2.24, 2.45) is 4.99 Å². The van der Waals surface area contributed by atoms with Crippen molar-refractivity contribution in [1.82, 2.24) is 4.57 Å². The van der Waals surface area contributed by atoms with E-state index in [1.54, 1.807) is 6.07 Å². The zero-order valence-corrected chi connectivity index (χ0v) is 18.9. The van der Waals surface area contributed by atoms with Crippen molar-refractivity contribution in [3.05, 3.63) is 82.7 Å². The van der Waals surface area contributed by atoms with Gasteiger partial charge in [-0.2, -0.15) is 0 Å². The van der Waals surface area contributed by atoms with Gasteiger partial charge in [0.2, 0.25) is 0 Å². The quantitative estimate of drug-likeness (QED) is 0.224. The van der Waals surface area contributed by atoms with E-state index in [1.807, 2.05) is 65.4 Å². The van der Waals surface area contributed by atoms with Gasteiger partial charge in [0, 0.05) is 16.8 Å². The molecule has 0 amide bonds. The van der Waals surface area contributed by atoms with E-state index in [9.17, 15) is 5.11 Å². The molecule has 0 spiro atoms. The molecule has 4 aromatic rings. The Morgan fingerprint density at radius 2 is 1.84 bits per heavy atom. The highest BCUT2D eigenvalue weighted by Gasteiger charge is 2.28. The van der Waals surface area contributed by atoms with Crippen molar-refractivity contribution in [2.75, 3.05) is 0 Å². The number of benzene rings is 3. The van der Waals surface area contributed by atoms with Gasteiger partial charge in [0.25, 0.3) is 5.82 Å². The number of aliphatic imine (C=N–C) groups is 1. The van der Waals surface area contributed by atoms with Crippen LogP contribution in [0.1, 0.15) is 12.2 Å². The van der Waals surface area contributed by atoms with Crippen LogP contribution in [0.4, 0.5) is 5.69 Å². The molecule has 0 bridgehead atoms. The van der Waals surface area contributed by atoms with E-state index in [4.69, 9.17) is 23.2 Å². The zero-order valence-electron chi connectivity index (χ0n) is 16.6. The largest absolute Gasteiger partial charge is 0.859 e. The summed E-state index contributed by atoms with van der Waals surface area (Å²) in [6.07, 6.45) is 4.01. The van der Waals surface area contributed by atoms with Crippen molar-refractivity contribution in [1.29, 1.82) is 0 Å². The van der Waals surface area contributed by atoms with E-state index < -0.39 is 0 Å². The number of rotatable bonds is 4. The average molecular weight is 473 g/mol. The second-order valence-corrected chi connectivity index (χ2v) is 8.26. The van der Waals surface area contributed by atoms with Gasteiger partial charge in [-0.15, -0.1) is 12.4 Å². The number of hydrogen-bond acceptors (Lipinski definition) is 2. The van der Waals surface area contributed by atoms with Crippen molar-refractivity contribution >= 4 is 58.0 Å². The predicted octanol–water partition coefficient (Wildman–Crippen LogP) is 5.36. The SMILES string of the molecule is Cl.[O-]C(C[n+]1cc(-c2ccc(Cl)c(Cl)c2)n2c1CCC2)=Nc1cccc2ccccc12. The first-order valence-electron chi connectivity index (χ1n) is 9.90. The van der Waals surface area contributed by atoms with Crippen molar-refractivity contribution in [3.63, 3.8) is 0 Å². The van der Waals surface area contributed by atoms with Crippen molar-refractivity contribution < 1.29 is 9.67 Å². The molecule has 0 atom stereocenters. The molecule has 0 unspecified atom stereocenters. The summed E-state index contributed by atoms with van der Waals surface area (Å²) in [5, 5.41) is 16.0. The van der Waals surface area contributed by atoms with E-state index >= 15 is 0 Å². The van der Waals surface area contributed by atoms with Crippen LogP contribution in [0.15, 0.2) is 71.9 Å². The van der Waals surface area contributed by atoms with Crippen LogP contribution in [0, 0.1) is 0 Å². The minimum absolute atomic E-state index is 0. The van der Waals surface area contributed by atoms with Crippen LogP contribution >= 0.6 is 35.6 Å². The van der Waals surface area contributed by atoms with Crippen LogP contribution in [0.3, 0.4) is 0 Å². The minimum Gasteiger partial charge on any atom is -0.859 e. The molecule has 0 fully saturated rings. The van der Waals surface area contributed by atoms with Gasteiger partial charge >= 0.3 is 0 Å². The molecule has 0 aliphatic carbocycles. The van der Waals surface area contributed by atoms with Crippen LogP contribution in [-0.2, 0) is 19.5 Å². The fraction of sp³-hybridized carbons (Fsp3) is 0.167. The fourth-order valence-corrected chi connectivity index (χ4v) is 4.45.